The molecule has 0 fully saturated rings. The molecule has 0 unspecified atom stereocenters. The monoisotopic (exact) mass is 319 g/mol. The summed E-state index contributed by atoms with van der Waals surface area (Å²) in [5.74, 6) is -0.570. The van der Waals surface area contributed by atoms with E-state index in [2.05, 4.69) is 5.32 Å². The molecule has 0 aliphatic rings. The van der Waals surface area contributed by atoms with Gasteiger partial charge in [0.15, 0.2) is 0 Å². The number of hydrogen-bond acceptors (Lipinski definition) is 3. The number of nitrogens with zero attached hydrogens (tertiary/aromatic N) is 1. The van der Waals surface area contributed by atoms with Gasteiger partial charge >= 0.3 is 6.18 Å². The zero-order valence-electron chi connectivity index (χ0n) is 11.8. The fourth-order valence-corrected chi connectivity index (χ4v) is 2.00. The van der Waals surface area contributed by atoms with Gasteiger partial charge < -0.3 is 11.1 Å². The summed E-state index contributed by atoms with van der Waals surface area (Å²) in [6.45, 7) is 0.237. The van der Waals surface area contributed by atoms with Gasteiger partial charge in [-0.05, 0) is 35.9 Å². The highest BCUT2D eigenvalue weighted by Gasteiger charge is 2.31. The minimum atomic E-state index is -4.50. The number of alkyl halides is 3. The maximum atomic E-state index is 12.6. The maximum absolute atomic E-state index is 12.6. The van der Waals surface area contributed by atoms with Gasteiger partial charge in [-0.3, -0.25) is 4.79 Å². The van der Waals surface area contributed by atoms with Crippen LogP contribution in [0.25, 0.3) is 0 Å². The summed E-state index contributed by atoms with van der Waals surface area (Å²) in [7, 11) is 0. The van der Waals surface area contributed by atoms with Crippen LogP contribution in [0.2, 0.25) is 0 Å². The molecule has 2 aromatic carbocycles. The normalized spacial score (nSPS) is 10.9. The summed E-state index contributed by atoms with van der Waals surface area (Å²) in [4.78, 5) is 11.1. The Hall–Kier alpha value is -3.01. The summed E-state index contributed by atoms with van der Waals surface area (Å²) in [6, 6.07) is 11.2. The lowest BCUT2D eigenvalue weighted by Gasteiger charge is -2.12. The number of halogens is 3. The van der Waals surface area contributed by atoms with E-state index >= 15 is 0 Å². The standard InChI is InChI=1S/C16H12F3N3O/c17-16(18,19)13-4-5-14(12(7-13)8-20)22-9-10-2-1-3-11(6-10)15(21)23/h1-7,22H,9H2,(H2,21,23). The third-order valence-corrected chi connectivity index (χ3v) is 3.16. The lowest BCUT2D eigenvalue weighted by Crippen LogP contribution is -2.11. The van der Waals surface area contributed by atoms with E-state index < -0.39 is 17.6 Å². The van der Waals surface area contributed by atoms with E-state index in [1.165, 1.54) is 6.07 Å². The van der Waals surface area contributed by atoms with Crippen molar-refractivity contribution in [3.63, 3.8) is 0 Å². The summed E-state index contributed by atoms with van der Waals surface area (Å²) in [6.07, 6.45) is -4.50. The van der Waals surface area contributed by atoms with E-state index in [0.29, 0.717) is 11.1 Å². The molecule has 23 heavy (non-hydrogen) atoms. The smallest absolute Gasteiger partial charge is 0.380 e. The van der Waals surface area contributed by atoms with Crippen LogP contribution in [0, 0.1) is 11.3 Å². The van der Waals surface area contributed by atoms with Crippen LogP contribution < -0.4 is 11.1 Å². The number of hydrogen-bond donors (Lipinski definition) is 2. The highest BCUT2D eigenvalue weighted by molar-refractivity contribution is 5.92. The highest BCUT2D eigenvalue weighted by Crippen LogP contribution is 2.31. The molecule has 0 radical (unpaired) electrons. The first-order valence-electron chi connectivity index (χ1n) is 6.55. The number of nitrogens with one attached hydrogen (secondary N) is 1. The van der Waals surface area contributed by atoms with E-state index in [0.717, 1.165) is 12.1 Å². The van der Waals surface area contributed by atoms with Crippen LogP contribution in [0.3, 0.4) is 0 Å². The predicted octanol–water partition coefficient (Wildman–Crippen LogP) is 3.29. The predicted molar refractivity (Wildman–Crippen MR) is 78.4 cm³/mol. The number of amides is 1. The molecule has 0 spiro atoms. The Morgan fingerprint density at radius 2 is 1.96 bits per heavy atom. The fourth-order valence-electron chi connectivity index (χ4n) is 2.00. The van der Waals surface area contributed by atoms with Crippen molar-refractivity contribution in [1.82, 2.24) is 0 Å². The number of anilines is 1. The Bertz CT molecular complexity index is 779. The molecule has 3 N–H and O–H groups in total. The van der Waals surface area contributed by atoms with Crippen molar-refractivity contribution in [2.24, 2.45) is 5.73 Å². The Morgan fingerprint density at radius 1 is 1.22 bits per heavy atom. The molecule has 7 heteroatoms. The van der Waals surface area contributed by atoms with E-state index in [9.17, 15) is 18.0 Å². The van der Waals surface area contributed by atoms with Crippen molar-refractivity contribution in [1.29, 1.82) is 5.26 Å². The van der Waals surface area contributed by atoms with E-state index in [1.807, 2.05) is 0 Å². The second-order valence-corrected chi connectivity index (χ2v) is 4.79. The molecule has 0 heterocycles. The first-order valence-corrected chi connectivity index (χ1v) is 6.55. The largest absolute Gasteiger partial charge is 0.416 e. The van der Waals surface area contributed by atoms with Gasteiger partial charge in [0.1, 0.15) is 6.07 Å². The van der Waals surface area contributed by atoms with Crippen LogP contribution in [0.5, 0.6) is 0 Å². The number of primary amides is 1. The zero-order chi connectivity index (χ0) is 17.0. The van der Waals surface area contributed by atoms with Crippen molar-refractivity contribution in [3.8, 4) is 6.07 Å². The van der Waals surface area contributed by atoms with Crippen LogP contribution >= 0.6 is 0 Å². The number of rotatable bonds is 4. The first-order chi connectivity index (χ1) is 10.8. The van der Waals surface area contributed by atoms with Gasteiger partial charge in [-0.2, -0.15) is 18.4 Å². The van der Waals surface area contributed by atoms with Crippen LogP contribution in [0.15, 0.2) is 42.5 Å². The van der Waals surface area contributed by atoms with E-state index in [1.54, 1.807) is 30.3 Å². The van der Waals surface area contributed by atoms with Crippen molar-refractivity contribution in [2.75, 3.05) is 5.32 Å². The van der Waals surface area contributed by atoms with Crippen molar-refractivity contribution in [2.45, 2.75) is 12.7 Å². The third kappa shape index (κ3) is 4.01. The molecule has 0 bridgehead atoms. The molecular formula is C16H12F3N3O. The van der Waals surface area contributed by atoms with Gasteiger partial charge in [-0.15, -0.1) is 0 Å². The van der Waals surface area contributed by atoms with Crippen molar-refractivity contribution in [3.05, 3.63) is 64.7 Å². The van der Waals surface area contributed by atoms with Gasteiger partial charge in [0.05, 0.1) is 16.8 Å². The number of nitrogens with two attached hydrogens (primary N) is 1. The number of carbonyl (C=O) groups excluding carboxylic acids is 1. The summed E-state index contributed by atoms with van der Waals surface area (Å²) in [5, 5.41) is 11.9. The quantitative estimate of drug-likeness (QED) is 0.907. The first kappa shape index (κ1) is 16.4. The van der Waals surface area contributed by atoms with E-state index in [4.69, 9.17) is 11.0 Å². The number of benzene rings is 2. The Labute approximate surface area is 130 Å². The Kier molecular flexibility index (Phi) is 4.55. The Balaban J connectivity index is 2.19. The molecule has 0 aromatic heterocycles. The molecule has 0 saturated carbocycles. The lowest BCUT2D eigenvalue weighted by atomic mass is 10.1. The topological polar surface area (TPSA) is 78.9 Å². The molecule has 4 nitrogen and oxygen atoms in total. The average Bonchev–Trinajstić information content (AvgIpc) is 2.52. The van der Waals surface area contributed by atoms with Crippen LogP contribution in [0.1, 0.15) is 27.0 Å². The Morgan fingerprint density at radius 3 is 2.57 bits per heavy atom. The van der Waals surface area contributed by atoms with Gasteiger partial charge in [0, 0.05) is 12.1 Å². The summed E-state index contributed by atoms with van der Waals surface area (Å²) < 4.78 is 37.9. The molecule has 2 rings (SSSR count). The SMILES string of the molecule is N#Cc1cc(C(F)(F)F)ccc1NCc1cccc(C(N)=O)c1. The van der Waals surface area contributed by atoms with Gasteiger partial charge in [0.25, 0.3) is 0 Å². The van der Waals surface area contributed by atoms with Gasteiger partial charge in [-0.25, -0.2) is 0 Å². The highest BCUT2D eigenvalue weighted by atomic mass is 19.4. The lowest BCUT2D eigenvalue weighted by molar-refractivity contribution is -0.137. The molecule has 1 amide bonds. The van der Waals surface area contributed by atoms with Gasteiger partial charge in [-0.1, -0.05) is 12.1 Å². The molecule has 0 aliphatic carbocycles. The molecule has 0 saturated heterocycles. The summed E-state index contributed by atoms with van der Waals surface area (Å²) in [5.41, 5.74) is 5.53. The summed E-state index contributed by atoms with van der Waals surface area (Å²) >= 11 is 0. The van der Waals surface area contributed by atoms with Crippen LogP contribution in [-0.2, 0) is 12.7 Å². The average molecular weight is 319 g/mol. The maximum Gasteiger partial charge on any atom is 0.416 e. The minimum absolute atomic E-state index is 0.106. The number of nitriles is 1. The second-order valence-electron chi connectivity index (χ2n) is 4.79. The molecule has 0 aliphatic heterocycles. The molecule has 0 atom stereocenters. The third-order valence-electron chi connectivity index (χ3n) is 3.16. The number of carbonyl (C=O) groups is 1. The van der Waals surface area contributed by atoms with E-state index in [-0.39, 0.29) is 17.8 Å². The van der Waals surface area contributed by atoms with Crippen LogP contribution in [-0.4, -0.2) is 5.91 Å². The van der Waals surface area contributed by atoms with Gasteiger partial charge in [0.2, 0.25) is 5.91 Å². The molecule has 118 valence electrons. The van der Waals surface area contributed by atoms with Crippen molar-refractivity contribution >= 4 is 11.6 Å². The van der Waals surface area contributed by atoms with Crippen molar-refractivity contribution < 1.29 is 18.0 Å². The minimum Gasteiger partial charge on any atom is -0.380 e. The zero-order valence-corrected chi connectivity index (χ0v) is 11.8. The molecular weight excluding hydrogens is 307 g/mol. The fraction of sp³-hybridized carbons (Fsp3) is 0.125. The van der Waals surface area contributed by atoms with Crippen LogP contribution in [0.4, 0.5) is 18.9 Å². The molecule has 2 aromatic rings. The second kappa shape index (κ2) is 6.40.